The lowest BCUT2D eigenvalue weighted by molar-refractivity contribution is 0.0955. The van der Waals surface area contributed by atoms with Crippen molar-refractivity contribution in [1.82, 2.24) is 5.43 Å². The van der Waals surface area contributed by atoms with Gasteiger partial charge >= 0.3 is 0 Å². The van der Waals surface area contributed by atoms with Crippen LogP contribution in [0.4, 0.5) is 0 Å². The third-order valence-electron chi connectivity index (χ3n) is 2.87. The van der Waals surface area contributed by atoms with E-state index in [0.29, 0.717) is 16.5 Å². The fourth-order valence-corrected chi connectivity index (χ4v) is 1.95. The Bertz CT molecular complexity index is 465. The van der Waals surface area contributed by atoms with Gasteiger partial charge in [-0.3, -0.25) is 4.79 Å². The molecule has 0 aliphatic heterocycles. The zero-order valence-corrected chi connectivity index (χ0v) is 10.7. The first-order valence-corrected chi connectivity index (χ1v) is 6.37. The number of amides is 1. The Hall–Kier alpha value is -1.61. The SMILES string of the molecule is O=C(NN=CC1CC=CCC1)c1ccc(Cl)cc1. The number of carbonyl (C=O) groups is 1. The van der Waals surface area contributed by atoms with Crippen molar-refractivity contribution in [3.63, 3.8) is 0 Å². The smallest absolute Gasteiger partial charge is 0.267 e. The average molecular weight is 263 g/mol. The minimum atomic E-state index is -0.214. The Morgan fingerprint density at radius 3 is 2.78 bits per heavy atom. The highest BCUT2D eigenvalue weighted by atomic mass is 35.5. The second-order valence-electron chi connectivity index (χ2n) is 4.27. The molecule has 1 aliphatic carbocycles. The number of benzene rings is 1. The molecule has 3 nitrogen and oxygen atoms in total. The first kappa shape index (κ1) is 12.8. The van der Waals surface area contributed by atoms with E-state index in [4.69, 9.17) is 11.6 Å². The zero-order chi connectivity index (χ0) is 12.8. The molecule has 0 spiro atoms. The number of halogens is 1. The molecule has 18 heavy (non-hydrogen) atoms. The molecule has 4 heteroatoms. The Kier molecular flexibility index (Phi) is 4.53. The van der Waals surface area contributed by atoms with Crippen molar-refractivity contribution in [1.29, 1.82) is 0 Å². The molecule has 0 saturated carbocycles. The van der Waals surface area contributed by atoms with Gasteiger partial charge in [-0.05, 0) is 49.4 Å². The number of carbonyl (C=O) groups excluding carboxylic acids is 1. The number of nitrogens with zero attached hydrogens (tertiary/aromatic N) is 1. The lowest BCUT2D eigenvalue weighted by atomic mass is 9.96. The number of hydrazone groups is 1. The van der Waals surface area contributed by atoms with Crippen LogP contribution in [0.5, 0.6) is 0 Å². The molecule has 0 aromatic heterocycles. The zero-order valence-electron chi connectivity index (χ0n) is 9.97. The summed E-state index contributed by atoms with van der Waals surface area (Å²) in [6.45, 7) is 0. The molecular formula is C14H15ClN2O. The van der Waals surface area contributed by atoms with E-state index in [2.05, 4.69) is 22.7 Å². The Morgan fingerprint density at radius 2 is 2.11 bits per heavy atom. The van der Waals surface area contributed by atoms with Crippen LogP contribution >= 0.6 is 11.6 Å². The molecule has 0 fully saturated rings. The van der Waals surface area contributed by atoms with Crippen LogP contribution < -0.4 is 5.43 Å². The molecule has 1 aromatic rings. The number of allylic oxidation sites excluding steroid dienone is 2. The van der Waals surface area contributed by atoms with Crippen LogP contribution in [0, 0.1) is 5.92 Å². The summed E-state index contributed by atoms with van der Waals surface area (Å²) in [7, 11) is 0. The van der Waals surface area contributed by atoms with Gasteiger partial charge in [0.2, 0.25) is 0 Å². The predicted octanol–water partition coefficient (Wildman–Crippen LogP) is 3.41. The standard InChI is InChI=1S/C14H15ClN2O/c15-13-8-6-12(7-9-13)14(18)17-16-10-11-4-2-1-3-5-11/h1-2,6-11H,3-5H2,(H,17,18). The molecule has 94 valence electrons. The Labute approximate surface area is 112 Å². The topological polar surface area (TPSA) is 41.5 Å². The minimum absolute atomic E-state index is 0.214. The van der Waals surface area contributed by atoms with Gasteiger partial charge in [-0.25, -0.2) is 5.43 Å². The van der Waals surface area contributed by atoms with Crippen LogP contribution in [-0.4, -0.2) is 12.1 Å². The predicted molar refractivity (Wildman–Crippen MR) is 73.9 cm³/mol. The lowest BCUT2D eigenvalue weighted by Crippen LogP contribution is -2.18. The molecule has 1 unspecified atom stereocenters. The van der Waals surface area contributed by atoms with Gasteiger partial charge in [0.15, 0.2) is 0 Å². The van der Waals surface area contributed by atoms with E-state index in [9.17, 15) is 4.79 Å². The van der Waals surface area contributed by atoms with E-state index >= 15 is 0 Å². The maximum Gasteiger partial charge on any atom is 0.271 e. The van der Waals surface area contributed by atoms with Crippen LogP contribution in [0.2, 0.25) is 5.02 Å². The van der Waals surface area contributed by atoms with E-state index in [0.717, 1.165) is 19.3 Å². The highest BCUT2D eigenvalue weighted by Gasteiger charge is 2.07. The molecular weight excluding hydrogens is 248 g/mol. The van der Waals surface area contributed by atoms with Gasteiger partial charge in [0.1, 0.15) is 0 Å². The summed E-state index contributed by atoms with van der Waals surface area (Å²) in [5, 5.41) is 4.62. The van der Waals surface area contributed by atoms with Gasteiger partial charge in [0.05, 0.1) is 0 Å². The van der Waals surface area contributed by atoms with Gasteiger partial charge < -0.3 is 0 Å². The first-order valence-electron chi connectivity index (χ1n) is 6.00. The van der Waals surface area contributed by atoms with Crippen LogP contribution in [-0.2, 0) is 0 Å². The fraction of sp³-hybridized carbons (Fsp3) is 0.286. The highest BCUT2D eigenvalue weighted by molar-refractivity contribution is 6.30. The van der Waals surface area contributed by atoms with Gasteiger partial charge in [0.25, 0.3) is 5.91 Å². The normalized spacial score (nSPS) is 19.1. The maximum atomic E-state index is 11.7. The number of hydrogen-bond donors (Lipinski definition) is 1. The first-order chi connectivity index (χ1) is 8.75. The second-order valence-corrected chi connectivity index (χ2v) is 4.71. The van der Waals surface area contributed by atoms with Gasteiger partial charge in [-0.15, -0.1) is 0 Å². The summed E-state index contributed by atoms with van der Waals surface area (Å²) in [6, 6.07) is 6.73. The summed E-state index contributed by atoms with van der Waals surface area (Å²) < 4.78 is 0. The van der Waals surface area contributed by atoms with E-state index in [1.165, 1.54) is 0 Å². The van der Waals surface area contributed by atoms with Crippen LogP contribution in [0.1, 0.15) is 29.6 Å². The number of nitrogens with one attached hydrogen (secondary N) is 1. The quantitative estimate of drug-likeness (QED) is 0.506. The van der Waals surface area contributed by atoms with E-state index in [1.807, 2.05) is 6.21 Å². The fourth-order valence-electron chi connectivity index (χ4n) is 1.82. The van der Waals surface area contributed by atoms with Crippen LogP contribution in [0.25, 0.3) is 0 Å². The molecule has 2 rings (SSSR count). The van der Waals surface area contributed by atoms with Crippen molar-refractivity contribution in [3.05, 3.63) is 47.0 Å². The molecule has 0 bridgehead atoms. The number of hydrogen-bond acceptors (Lipinski definition) is 2. The lowest BCUT2D eigenvalue weighted by Gasteiger charge is -2.11. The second kappa shape index (κ2) is 6.36. The summed E-state index contributed by atoms with van der Waals surface area (Å²) in [4.78, 5) is 11.7. The van der Waals surface area contributed by atoms with Crippen molar-refractivity contribution >= 4 is 23.7 Å². The van der Waals surface area contributed by atoms with Gasteiger partial charge in [0, 0.05) is 16.8 Å². The molecule has 1 aliphatic rings. The summed E-state index contributed by atoms with van der Waals surface area (Å²) in [5.41, 5.74) is 3.08. The molecule has 1 aromatic carbocycles. The van der Waals surface area contributed by atoms with E-state index in [-0.39, 0.29) is 5.91 Å². The third-order valence-corrected chi connectivity index (χ3v) is 3.12. The number of rotatable bonds is 3. The minimum Gasteiger partial charge on any atom is -0.267 e. The van der Waals surface area contributed by atoms with E-state index in [1.54, 1.807) is 24.3 Å². The molecule has 1 amide bonds. The summed E-state index contributed by atoms with van der Waals surface area (Å²) >= 11 is 5.75. The van der Waals surface area contributed by atoms with Crippen LogP contribution in [0.15, 0.2) is 41.5 Å². The maximum absolute atomic E-state index is 11.7. The van der Waals surface area contributed by atoms with Crippen molar-refractivity contribution in [3.8, 4) is 0 Å². The third kappa shape index (κ3) is 3.70. The van der Waals surface area contributed by atoms with E-state index < -0.39 is 0 Å². The van der Waals surface area contributed by atoms with Crippen molar-refractivity contribution in [2.24, 2.45) is 11.0 Å². The van der Waals surface area contributed by atoms with Crippen molar-refractivity contribution < 1.29 is 4.79 Å². The largest absolute Gasteiger partial charge is 0.271 e. The monoisotopic (exact) mass is 262 g/mol. The Balaban J connectivity index is 1.86. The van der Waals surface area contributed by atoms with Crippen LogP contribution in [0.3, 0.4) is 0 Å². The molecule has 1 N–H and O–H groups in total. The molecule has 1 atom stereocenters. The van der Waals surface area contributed by atoms with Crippen molar-refractivity contribution in [2.45, 2.75) is 19.3 Å². The molecule has 0 radical (unpaired) electrons. The highest BCUT2D eigenvalue weighted by Crippen LogP contribution is 2.15. The molecule has 0 saturated heterocycles. The molecule has 0 heterocycles. The van der Waals surface area contributed by atoms with Gasteiger partial charge in [-0.2, -0.15) is 5.10 Å². The summed E-state index contributed by atoms with van der Waals surface area (Å²) in [6.07, 6.45) is 9.33. The Morgan fingerprint density at radius 1 is 1.33 bits per heavy atom. The average Bonchev–Trinajstić information content (AvgIpc) is 2.40. The van der Waals surface area contributed by atoms with Gasteiger partial charge in [-0.1, -0.05) is 23.8 Å². The summed E-state index contributed by atoms with van der Waals surface area (Å²) in [5.74, 6) is 0.217. The van der Waals surface area contributed by atoms with Crippen molar-refractivity contribution in [2.75, 3.05) is 0 Å².